The Morgan fingerprint density at radius 1 is 1.21 bits per heavy atom. The fraction of sp³-hybridized carbons (Fsp3) is 0.524. The Morgan fingerprint density at radius 3 is 2.71 bits per heavy atom. The predicted octanol–water partition coefficient (Wildman–Crippen LogP) is 1.28. The van der Waals surface area contributed by atoms with Gasteiger partial charge in [-0.1, -0.05) is 0 Å². The van der Waals surface area contributed by atoms with E-state index < -0.39 is 0 Å². The molecule has 0 aliphatic carbocycles. The SMILES string of the molecule is COCC(=O)N1C[C@@H]2CN(C(=O)c3ccc4[nH]ccc4c3)C[C@]2(CN(C)C)C1. The summed E-state index contributed by atoms with van der Waals surface area (Å²) in [5.41, 5.74) is 1.67. The maximum Gasteiger partial charge on any atom is 0.253 e. The van der Waals surface area contributed by atoms with Crippen LogP contribution in [0.2, 0.25) is 0 Å². The van der Waals surface area contributed by atoms with E-state index in [2.05, 4.69) is 24.0 Å². The van der Waals surface area contributed by atoms with Gasteiger partial charge in [0.25, 0.3) is 5.91 Å². The van der Waals surface area contributed by atoms with Gasteiger partial charge in [-0.25, -0.2) is 0 Å². The molecular weight excluding hydrogens is 356 g/mol. The molecule has 0 radical (unpaired) electrons. The third kappa shape index (κ3) is 3.29. The van der Waals surface area contributed by atoms with Crippen molar-refractivity contribution in [2.45, 2.75) is 0 Å². The fourth-order valence-electron chi connectivity index (χ4n) is 4.96. The Labute approximate surface area is 165 Å². The molecule has 3 heterocycles. The van der Waals surface area contributed by atoms with Crippen LogP contribution < -0.4 is 0 Å². The third-order valence-corrected chi connectivity index (χ3v) is 6.10. The predicted molar refractivity (Wildman–Crippen MR) is 107 cm³/mol. The number of H-pyrrole nitrogens is 1. The molecular formula is C21H28N4O3. The lowest BCUT2D eigenvalue weighted by atomic mass is 9.80. The average Bonchev–Trinajstić information content (AvgIpc) is 3.32. The smallest absolute Gasteiger partial charge is 0.253 e. The van der Waals surface area contributed by atoms with Gasteiger partial charge in [0.15, 0.2) is 0 Å². The first-order valence-corrected chi connectivity index (χ1v) is 9.70. The summed E-state index contributed by atoms with van der Waals surface area (Å²) in [4.78, 5) is 34.7. The number of hydrogen-bond donors (Lipinski definition) is 1. The number of likely N-dealkylation sites (tertiary alicyclic amines) is 2. The molecule has 0 saturated carbocycles. The fourth-order valence-corrected chi connectivity index (χ4v) is 4.96. The summed E-state index contributed by atoms with van der Waals surface area (Å²) in [5.74, 6) is 0.395. The summed E-state index contributed by atoms with van der Waals surface area (Å²) in [6.45, 7) is 3.71. The van der Waals surface area contributed by atoms with Gasteiger partial charge in [0.1, 0.15) is 6.61 Å². The van der Waals surface area contributed by atoms with Crippen LogP contribution in [0, 0.1) is 11.3 Å². The van der Waals surface area contributed by atoms with E-state index >= 15 is 0 Å². The number of fused-ring (bicyclic) bond motifs is 2. The topological polar surface area (TPSA) is 68.9 Å². The number of nitrogens with zero attached hydrogens (tertiary/aromatic N) is 3. The minimum Gasteiger partial charge on any atom is -0.375 e. The molecule has 2 aromatic rings. The van der Waals surface area contributed by atoms with Gasteiger partial charge in [0.2, 0.25) is 5.91 Å². The molecule has 2 fully saturated rings. The molecule has 1 aromatic heterocycles. The molecule has 0 unspecified atom stereocenters. The van der Waals surface area contributed by atoms with Crippen molar-refractivity contribution >= 4 is 22.7 Å². The van der Waals surface area contributed by atoms with Crippen molar-refractivity contribution < 1.29 is 14.3 Å². The lowest BCUT2D eigenvalue weighted by Crippen LogP contribution is -2.44. The summed E-state index contributed by atoms with van der Waals surface area (Å²) in [6, 6.07) is 7.79. The molecule has 2 atom stereocenters. The number of methoxy groups -OCH3 is 1. The summed E-state index contributed by atoms with van der Waals surface area (Å²) in [6.07, 6.45) is 1.89. The van der Waals surface area contributed by atoms with E-state index in [1.165, 1.54) is 0 Å². The number of aromatic nitrogens is 1. The van der Waals surface area contributed by atoms with E-state index in [1.54, 1.807) is 7.11 Å². The molecule has 28 heavy (non-hydrogen) atoms. The summed E-state index contributed by atoms with van der Waals surface area (Å²) < 4.78 is 5.03. The molecule has 0 spiro atoms. The van der Waals surface area contributed by atoms with Crippen molar-refractivity contribution in [1.82, 2.24) is 19.7 Å². The Bertz CT molecular complexity index is 893. The summed E-state index contributed by atoms with van der Waals surface area (Å²) in [7, 11) is 5.65. The Hall–Kier alpha value is -2.38. The third-order valence-electron chi connectivity index (χ3n) is 6.10. The van der Waals surface area contributed by atoms with E-state index in [-0.39, 0.29) is 29.8 Å². The summed E-state index contributed by atoms with van der Waals surface area (Å²) >= 11 is 0. The molecule has 2 aliphatic rings. The van der Waals surface area contributed by atoms with Crippen molar-refractivity contribution in [3.8, 4) is 0 Å². The first-order chi connectivity index (χ1) is 13.4. The molecule has 4 rings (SSSR count). The first kappa shape index (κ1) is 19.0. The average molecular weight is 384 g/mol. The number of aromatic amines is 1. The second kappa shape index (κ2) is 7.22. The van der Waals surface area contributed by atoms with Gasteiger partial charge in [0.05, 0.1) is 0 Å². The summed E-state index contributed by atoms with van der Waals surface area (Å²) in [5, 5.41) is 1.05. The van der Waals surface area contributed by atoms with Crippen LogP contribution in [0.25, 0.3) is 10.9 Å². The highest BCUT2D eigenvalue weighted by molar-refractivity contribution is 5.98. The monoisotopic (exact) mass is 384 g/mol. The van der Waals surface area contributed by atoms with Gasteiger partial charge in [-0.05, 0) is 38.4 Å². The minimum atomic E-state index is -0.0826. The zero-order chi connectivity index (χ0) is 19.9. The highest BCUT2D eigenvalue weighted by Crippen LogP contribution is 2.43. The van der Waals surface area contributed by atoms with Crippen LogP contribution in [0.15, 0.2) is 30.5 Å². The number of carbonyl (C=O) groups is 2. The molecule has 150 valence electrons. The van der Waals surface area contributed by atoms with Gasteiger partial charge in [-0.2, -0.15) is 0 Å². The number of rotatable bonds is 5. The Balaban J connectivity index is 1.54. The van der Waals surface area contributed by atoms with E-state index in [9.17, 15) is 9.59 Å². The molecule has 0 bridgehead atoms. The molecule has 2 saturated heterocycles. The van der Waals surface area contributed by atoms with E-state index in [4.69, 9.17) is 4.74 Å². The quantitative estimate of drug-likeness (QED) is 0.843. The van der Waals surface area contributed by atoms with E-state index in [1.807, 2.05) is 40.3 Å². The number of nitrogens with one attached hydrogen (secondary N) is 1. The molecule has 2 aliphatic heterocycles. The van der Waals surface area contributed by atoms with Crippen molar-refractivity contribution in [2.24, 2.45) is 11.3 Å². The Morgan fingerprint density at radius 2 is 1.96 bits per heavy atom. The van der Waals surface area contributed by atoms with Gasteiger partial charge in [0, 0.05) is 73.8 Å². The zero-order valence-corrected chi connectivity index (χ0v) is 16.8. The molecule has 2 amide bonds. The molecule has 7 heteroatoms. The normalized spacial score (nSPS) is 24.4. The van der Waals surface area contributed by atoms with E-state index in [0.29, 0.717) is 26.2 Å². The number of hydrogen-bond acceptors (Lipinski definition) is 4. The highest BCUT2D eigenvalue weighted by atomic mass is 16.5. The maximum absolute atomic E-state index is 13.2. The van der Waals surface area contributed by atoms with Crippen LogP contribution in [0.5, 0.6) is 0 Å². The lowest BCUT2D eigenvalue weighted by Gasteiger charge is -2.32. The number of benzene rings is 1. The van der Waals surface area contributed by atoms with Crippen molar-refractivity contribution in [2.75, 3.05) is 60.5 Å². The molecule has 1 N–H and O–H groups in total. The zero-order valence-electron chi connectivity index (χ0n) is 16.8. The number of ether oxygens (including phenoxy) is 1. The standard InChI is InChI=1S/C21H28N4O3/c1-23(2)12-21-13-24(19(26)11-28-3)9-17(21)10-25(14-21)20(27)16-4-5-18-15(8-16)6-7-22-18/h4-8,17,22H,9-14H2,1-3H3/t17-,21+/m1/s1. The second-order valence-electron chi connectivity index (χ2n) is 8.47. The van der Waals surface area contributed by atoms with Gasteiger partial charge in [-0.15, -0.1) is 0 Å². The van der Waals surface area contributed by atoms with Crippen LogP contribution in [0.4, 0.5) is 0 Å². The highest BCUT2D eigenvalue weighted by Gasteiger charge is 2.54. The first-order valence-electron chi connectivity index (χ1n) is 9.70. The van der Waals surface area contributed by atoms with Gasteiger partial charge in [-0.3, -0.25) is 9.59 Å². The second-order valence-corrected chi connectivity index (χ2v) is 8.47. The van der Waals surface area contributed by atoms with Crippen LogP contribution in [0.1, 0.15) is 10.4 Å². The Kier molecular flexibility index (Phi) is 4.89. The van der Waals surface area contributed by atoms with Crippen molar-refractivity contribution in [3.05, 3.63) is 36.0 Å². The van der Waals surface area contributed by atoms with Crippen molar-refractivity contribution in [3.63, 3.8) is 0 Å². The van der Waals surface area contributed by atoms with Gasteiger partial charge >= 0.3 is 0 Å². The van der Waals surface area contributed by atoms with Crippen LogP contribution in [0.3, 0.4) is 0 Å². The minimum absolute atomic E-state index is 0.0332. The number of amides is 2. The maximum atomic E-state index is 13.2. The van der Waals surface area contributed by atoms with Crippen molar-refractivity contribution in [1.29, 1.82) is 0 Å². The molecule has 7 nitrogen and oxygen atoms in total. The number of carbonyl (C=O) groups excluding carboxylic acids is 2. The van der Waals surface area contributed by atoms with Gasteiger partial charge < -0.3 is 24.4 Å². The largest absolute Gasteiger partial charge is 0.375 e. The van der Waals surface area contributed by atoms with Crippen LogP contribution in [-0.2, 0) is 9.53 Å². The van der Waals surface area contributed by atoms with Crippen LogP contribution >= 0.6 is 0 Å². The van der Waals surface area contributed by atoms with E-state index in [0.717, 1.165) is 23.0 Å². The molecule has 1 aromatic carbocycles. The lowest BCUT2D eigenvalue weighted by molar-refractivity contribution is -0.134. The van der Waals surface area contributed by atoms with Crippen LogP contribution in [-0.4, -0.2) is 92.0 Å².